The van der Waals surface area contributed by atoms with Crippen molar-refractivity contribution in [1.29, 1.82) is 0 Å². The number of nitrogens with one attached hydrogen (secondary N) is 1. The Morgan fingerprint density at radius 1 is 1.25 bits per heavy atom. The molecule has 0 bridgehead atoms. The minimum atomic E-state index is -0.259. The summed E-state index contributed by atoms with van der Waals surface area (Å²) in [5.74, 6) is 0.523. The van der Waals surface area contributed by atoms with Crippen molar-refractivity contribution in [2.45, 2.75) is 38.3 Å². The Morgan fingerprint density at radius 3 is 2.58 bits per heavy atom. The Labute approximate surface area is 145 Å². The van der Waals surface area contributed by atoms with Gasteiger partial charge in [0.05, 0.1) is 5.54 Å². The van der Waals surface area contributed by atoms with E-state index in [4.69, 9.17) is 5.73 Å². The quantitative estimate of drug-likeness (QED) is 0.888. The van der Waals surface area contributed by atoms with Gasteiger partial charge < -0.3 is 16.0 Å². The zero-order chi connectivity index (χ0) is 17.0. The van der Waals surface area contributed by atoms with Crippen molar-refractivity contribution in [3.8, 4) is 0 Å². The van der Waals surface area contributed by atoms with Crippen molar-refractivity contribution in [2.75, 3.05) is 32.7 Å². The smallest absolute Gasteiger partial charge is 0.315 e. The Morgan fingerprint density at radius 2 is 1.96 bits per heavy atom. The van der Waals surface area contributed by atoms with Crippen LogP contribution in [0.5, 0.6) is 0 Å². The molecular weight excluding hydrogens is 300 g/mol. The van der Waals surface area contributed by atoms with Crippen molar-refractivity contribution in [3.63, 3.8) is 0 Å². The van der Waals surface area contributed by atoms with Crippen LogP contribution in [-0.4, -0.2) is 54.1 Å². The van der Waals surface area contributed by atoms with Crippen molar-refractivity contribution >= 4 is 6.03 Å². The van der Waals surface area contributed by atoms with E-state index >= 15 is 0 Å². The molecule has 132 valence electrons. The lowest BCUT2D eigenvalue weighted by molar-refractivity contribution is 0.00819. The van der Waals surface area contributed by atoms with E-state index in [1.54, 1.807) is 0 Å². The van der Waals surface area contributed by atoms with E-state index in [1.165, 1.54) is 5.56 Å². The van der Waals surface area contributed by atoms with Gasteiger partial charge in [-0.1, -0.05) is 37.3 Å². The van der Waals surface area contributed by atoms with Gasteiger partial charge in [0, 0.05) is 26.2 Å². The molecule has 1 aromatic rings. The summed E-state index contributed by atoms with van der Waals surface area (Å²) in [6.07, 6.45) is 3.23. The van der Waals surface area contributed by atoms with Gasteiger partial charge in [0.1, 0.15) is 0 Å². The van der Waals surface area contributed by atoms with E-state index in [1.807, 2.05) is 4.90 Å². The van der Waals surface area contributed by atoms with Crippen LogP contribution < -0.4 is 11.1 Å². The van der Waals surface area contributed by atoms with Crippen LogP contribution in [0, 0.1) is 5.92 Å². The third-order valence-corrected chi connectivity index (χ3v) is 5.96. The second-order valence-corrected chi connectivity index (χ2v) is 7.16. The van der Waals surface area contributed by atoms with Gasteiger partial charge in [0.15, 0.2) is 0 Å². The van der Waals surface area contributed by atoms with Crippen LogP contribution in [0.2, 0.25) is 0 Å². The van der Waals surface area contributed by atoms with Crippen LogP contribution in [0.15, 0.2) is 30.3 Å². The fraction of sp³-hybridized carbons (Fsp3) is 0.632. The molecule has 1 unspecified atom stereocenters. The lowest BCUT2D eigenvalue weighted by atomic mass is 9.73. The second kappa shape index (κ2) is 7.53. The van der Waals surface area contributed by atoms with Crippen molar-refractivity contribution < 1.29 is 4.79 Å². The highest BCUT2D eigenvalue weighted by Crippen LogP contribution is 2.37. The van der Waals surface area contributed by atoms with Crippen LogP contribution in [0.1, 0.15) is 31.7 Å². The first kappa shape index (κ1) is 17.2. The first-order valence-electron chi connectivity index (χ1n) is 9.20. The first-order valence-corrected chi connectivity index (χ1v) is 9.20. The maximum Gasteiger partial charge on any atom is 0.315 e. The summed E-state index contributed by atoms with van der Waals surface area (Å²) < 4.78 is 0. The minimum Gasteiger partial charge on any atom is -0.351 e. The molecule has 2 aliphatic heterocycles. The molecule has 5 heteroatoms. The van der Waals surface area contributed by atoms with Gasteiger partial charge >= 0.3 is 6.03 Å². The van der Waals surface area contributed by atoms with E-state index in [-0.39, 0.29) is 11.6 Å². The number of piperidine rings is 1. The molecule has 0 radical (unpaired) electrons. The van der Waals surface area contributed by atoms with Crippen LogP contribution in [-0.2, 0) is 6.54 Å². The molecule has 3 N–H and O–H groups in total. The lowest BCUT2D eigenvalue weighted by Gasteiger charge is -2.53. The molecule has 2 saturated heterocycles. The largest absolute Gasteiger partial charge is 0.351 e. The highest BCUT2D eigenvalue weighted by atomic mass is 16.2. The predicted molar refractivity (Wildman–Crippen MR) is 96.6 cm³/mol. The summed E-state index contributed by atoms with van der Waals surface area (Å²) in [4.78, 5) is 16.5. The molecule has 1 aromatic carbocycles. The molecule has 2 heterocycles. The number of nitrogens with two attached hydrogens (primary N) is 1. The van der Waals surface area contributed by atoms with Gasteiger partial charge in [0.2, 0.25) is 0 Å². The number of carbonyl (C=O) groups is 1. The van der Waals surface area contributed by atoms with E-state index in [9.17, 15) is 4.79 Å². The number of hydrogen-bond donors (Lipinski definition) is 2. The van der Waals surface area contributed by atoms with Gasteiger partial charge in [-0.2, -0.15) is 0 Å². The number of urea groups is 1. The zero-order valence-corrected chi connectivity index (χ0v) is 14.7. The highest BCUT2D eigenvalue weighted by Gasteiger charge is 2.46. The standard InChI is InChI=1S/C19H30N4O/c1-2-19(15-21-10-13-23(19)18(20)24)17-8-11-22(12-9-17)14-16-6-4-3-5-7-16/h3-7,17,21H,2,8-15H2,1H3,(H2,20,24). The molecule has 0 saturated carbocycles. The number of primary amides is 1. The molecule has 0 spiro atoms. The number of carbonyl (C=O) groups excluding carboxylic acids is 1. The van der Waals surface area contributed by atoms with Crippen molar-refractivity contribution in [1.82, 2.24) is 15.1 Å². The third-order valence-electron chi connectivity index (χ3n) is 5.96. The number of benzene rings is 1. The number of nitrogens with zero attached hydrogens (tertiary/aromatic N) is 2. The summed E-state index contributed by atoms with van der Waals surface area (Å²) in [5, 5.41) is 3.50. The van der Waals surface area contributed by atoms with Crippen molar-refractivity contribution in [2.24, 2.45) is 11.7 Å². The van der Waals surface area contributed by atoms with Gasteiger partial charge in [-0.25, -0.2) is 4.79 Å². The van der Waals surface area contributed by atoms with E-state index in [2.05, 4.69) is 47.5 Å². The van der Waals surface area contributed by atoms with Gasteiger partial charge in [-0.15, -0.1) is 0 Å². The van der Waals surface area contributed by atoms with Crippen LogP contribution in [0.4, 0.5) is 4.79 Å². The monoisotopic (exact) mass is 330 g/mol. The average Bonchev–Trinajstić information content (AvgIpc) is 2.63. The summed E-state index contributed by atoms with van der Waals surface area (Å²) in [6.45, 7) is 7.84. The number of likely N-dealkylation sites (tertiary alicyclic amines) is 1. The lowest BCUT2D eigenvalue weighted by Crippen LogP contribution is -2.68. The second-order valence-electron chi connectivity index (χ2n) is 7.16. The Kier molecular flexibility index (Phi) is 5.41. The zero-order valence-electron chi connectivity index (χ0n) is 14.7. The molecule has 1 atom stereocenters. The molecule has 2 amide bonds. The SMILES string of the molecule is CCC1(C2CCN(Cc3ccccc3)CC2)CNCCN1C(N)=O. The molecule has 2 fully saturated rings. The molecular formula is C19H30N4O. The van der Waals surface area contributed by atoms with Crippen LogP contribution in [0.3, 0.4) is 0 Å². The molecule has 0 aliphatic carbocycles. The minimum absolute atomic E-state index is 0.108. The number of rotatable bonds is 4. The summed E-state index contributed by atoms with van der Waals surface area (Å²) in [5.41, 5.74) is 6.97. The molecule has 24 heavy (non-hydrogen) atoms. The summed E-state index contributed by atoms with van der Waals surface area (Å²) in [7, 11) is 0. The highest BCUT2D eigenvalue weighted by molar-refractivity contribution is 5.73. The predicted octanol–water partition coefficient (Wildman–Crippen LogP) is 2.03. The Bertz CT molecular complexity index is 542. The molecule has 5 nitrogen and oxygen atoms in total. The normalized spacial score (nSPS) is 26.5. The number of piperazine rings is 1. The summed E-state index contributed by atoms with van der Waals surface area (Å²) >= 11 is 0. The molecule has 0 aromatic heterocycles. The molecule has 2 aliphatic rings. The summed E-state index contributed by atoms with van der Waals surface area (Å²) in [6, 6.07) is 10.4. The van der Waals surface area contributed by atoms with Gasteiger partial charge in [-0.3, -0.25) is 4.90 Å². The van der Waals surface area contributed by atoms with E-state index in [0.717, 1.165) is 58.5 Å². The first-order chi connectivity index (χ1) is 11.7. The Balaban J connectivity index is 1.64. The topological polar surface area (TPSA) is 61.6 Å². The average molecular weight is 330 g/mol. The number of amides is 2. The van der Waals surface area contributed by atoms with Crippen LogP contribution in [0.25, 0.3) is 0 Å². The maximum atomic E-state index is 12.0. The third kappa shape index (κ3) is 3.42. The maximum absolute atomic E-state index is 12.0. The van der Waals surface area contributed by atoms with E-state index < -0.39 is 0 Å². The number of hydrogen-bond acceptors (Lipinski definition) is 3. The van der Waals surface area contributed by atoms with Gasteiger partial charge in [-0.05, 0) is 43.8 Å². The van der Waals surface area contributed by atoms with Gasteiger partial charge in [0.25, 0.3) is 0 Å². The van der Waals surface area contributed by atoms with E-state index in [0.29, 0.717) is 5.92 Å². The van der Waals surface area contributed by atoms with Crippen LogP contribution >= 0.6 is 0 Å². The Hall–Kier alpha value is -1.59. The fourth-order valence-corrected chi connectivity index (χ4v) is 4.58. The fourth-order valence-electron chi connectivity index (χ4n) is 4.58. The van der Waals surface area contributed by atoms with Crippen molar-refractivity contribution in [3.05, 3.63) is 35.9 Å². The molecule has 3 rings (SSSR count).